The van der Waals surface area contributed by atoms with Gasteiger partial charge in [0.05, 0.1) is 17.7 Å². The van der Waals surface area contributed by atoms with Gasteiger partial charge in [0.2, 0.25) is 0 Å². The molecule has 20 heavy (non-hydrogen) atoms. The van der Waals surface area contributed by atoms with Crippen LogP contribution in [0.15, 0.2) is 11.4 Å². The number of likely N-dealkylation sites (N-methyl/N-ethyl adjacent to an activating group) is 1. The zero-order valence-electron chi connectivity index (χ0n) is 11.2. The molecule has 1 saturated carbocycles. The second-order valence-electron chi connectivity index (χ2n) is 4.93. The average Bonchev–Trinajstić information content (AvgIpc) is 2.86. The summed E-state index contributed by atoms with van der Waals surface area (Å²) in [5, 5.41) is 23.5. The Morgan fingerprint density at radius 2 is 2.10 bits per heavy atom. The van der Waals surface area contributed by atoms with Crippen molar-refractivity contribution in [3.8, 4) is 0 Å². The second-order valence-corrected chi connectivity index (χ2v) is 5.84. The van der Waals surface area contributed by atoms with Gasteiger partial charge in [-0.2, -0.15) is 0 Å². The van der Waals surface area contributed by atoms with Crippen LogP contribution in [-0.4, -0.2) is 46.3 Å². The normalized spacial score (nSPS) is 22.3. The van der Waals surface area contributed by atoms with Crippen LogP contribution in [0.25, 0.3) is 0 Å². The molecular weight excluding hydrogens is 280 g/mol. The monoisotopic (exact) mass is 298 g/mol. The van der Waals surface area contributed by atoms with Gasteiger partial charge in [0, 0.05) is 7.05 Å². The molecule has 2 unspecified atom stereocenters. The molecule has 1 aliphatic carbocycles. The highest BCUT2D eigenvalue weighted by Crippen LogP contribution is 2.26. The number of nitrogens with zero attached hydrogens (tertiary/aromatic N) is 1. The Bertz CT molecular complexity index is 502. The van der Waals surface area contributed by atoms with Crippen LogP contribution in [0.2, 0.25) is 0 Å². The van der Waals surface area contributed by atoms with Crippen molar-refractivity contribution in [2.75, 3.05) is 12.4 Å². The maximum atomic E-state index is 12.1. The first kappa shape index (κ1) is 14.8. The Balaban J connectivity index is 2.03. The second kappa shape index (κ2) is 6.23. The van der Waals surface area contributed by atoms with E-state index in [-0.39, 0.29) is 17.6 Å². The van der Waals surface area contributed by atoms with E-state index in [9.17, 15) is 14.7 Å². The molecule has 2 amide bonds. The van der Waals surface area contributed by atoms with Crippen molar-refractivity contribution >= 4 is 28.3 Å². The number of hydrogen-bond acceptors (Lipinski definition) is 4. The van der Waals surface area contributed by atoms with Crippen LogP contribution in [0.1, 0.15) is 36.0 Å². The van der Waals surface area contributed by atoms with E-state index in [0.29, 0.717) is 11.4 Å². The third-order valence-electron chi connectivity index (χ3n) is 3.63. The average molecular weight is 298 g/mol. The summed E-state index contributed by atoms with van der Waals surface area (Å²) in [5.41, 5.74) is 0.0842. The van der Waals surface area contributed by atoms with Crippen LogP contribution in [-0.2, 0) is 0 Å². The van der Waals surface area contributed by atoms with Crippen LogP contribution in [0.3, 0.4) is 0 Å². The van der Waals surface area contributed by atoms with Crippen LogP contribution in [0.5, 0.6) is 0 Å². The lowest BCUT2D eigenvalue weighted by atomic mass is 9.92. The van der Waals surface area contributed by atoms with Gasteiger partial charge in [0.15, 0.2) is 0 Å². The summed E-state index contributed by atoms with van der Waals surface area (Å²) in [6, 6.07) is 0.857. The minimum absolute atomic E-state index is 0.0842. The highest BCUT2D eigenvalue weighted by atomic mass is 32.1. The Labute approximate surface area is 121 Å². The van der Waals surface area contributed by atoms with E-state index in [1.165, 1.54) is 22.3 Å². The fraction of sp³-hybridized carbons (Fsp3) is 0.538. The molecule has 3 N–H and O–H groups in total. The molecule has 1 heterocycles. The zero-order valence-corrected chi connectivity index (χ0v) is 12.0. The van der Waals surface area contributed by atoms with E-state index >= 15 is 0 Å². The van der Waals surface area contributed by atoms with E-state index in [4.69, 9.17) is 5.11 Å². The van der Waals surface area contributed by atoms with Gasteiger partial charge in [-0.25, -0.2) is 9.59 Å². The number of hydrogen-bond donors (Lipinski definition) is 3. The lowest BCUT2D eigenvalue weighted by molar-refractivity contribution is 0.0494. The summed E-state index contributed by atoms with van der Waals surface area (Å²) >= 11 is 1.17. The molecule has 0 radical (unpaired) electrons. The molecule has 0 aliphatic heterocycles. The van der Waals surface area contributed by atoms with Crippen LogP contribution in [0.4, 0.5) is 9.80 Å². The molecule has 1 fully saturated rings. The first-order valence-corrected chi connectivity index (χ1v) is 7.41. The predicted molar refractivity (Wildman–Crippen MR) is 76.3 cm³/mol. The van der Waals surface area contributed by atoms with Crippen molar-refractivity contribution < 1.29 is 19.8 Å². The van der Waals surface area contributed by atoms with Gasteiger partial charge in [-0.05, 0) is 24.3 Å². The number of carbonyl (C=O) groups excluding carboxylic acids is 1. The van der Waals surface area contributed by atoms with Crippen molar-refractivity contribution in [1.29, 1.82) is 0 Å². The quantitative estimate of drug-likeness (QED) is 0.798. The fourth-order valence-corrected chi connectivity index (χ4v) is 3.22. The molecule has 6 nitrogen and oxygen atoms in total. The topological polar surface area (TPSA) is 89.9 Å². The maximum absolute atomic E-state index is 12.1. The van der Waals surface area contributed by atoms with Crippen LogP contribution in [0, 0.1) is 0 Å². The van der Waals surface area contributed by atoms with Crippen molar-refractivity contribution in [1.82, 2.24) is 4.90 Å². The SMILES string of the molecule is CN(C(=O)Nc1sccc1C(=O)O)C1CCCCC1O. The zero-order chi connectivity index (χ0) is 14.7. The molecule has 2 atom stereocenters. The van der Waals surface area contributed by atoms with E-state index in [2.05, 4.69) is 5.32 Å². The smallest absolute Gasteiger partial charge is 0.338 e. The van der Waals surface area contributed by atoms with Crippen molar-refractivity contribution in [2.45, 2.75) is 37.8 Å². The van der Waals surface area contributed by atoms with E-state index < -0.39 is 12.1 Å². The number of carbonyl (C=O) groups is 2. The molecule has 0 spiro atoms. The van der Waals surface area contributed by atoms with E-state index in [0.717, 1.165) is 19.3 Å². The number of aliphatic hydroxyl groups is 1. The largest absolute Gasteiger partial charge is 0.478 e. The molecule has 0 aromatic carbocycles. The highest BCUT2D eigenvalue weighted by molar-refractivity contribution is 7.14. The summed E-state index contributed by atoms with van der Waals surface area (Å²) in [7, 11) is 1.63. The lowest BCUT2D eigenvalue weighted by Gasteiger charge is -2.35. The predicted octanol–water partition coefficient (Wildman–Crippen LogP) is 2.21. The van der Waals surface area contributed by atoms with Gasteiger partial charge in [-0.3, -0.25) is 5.32 Å². The molecule has 7 heteroatoms. The number of carboxylic acids is 1. The molecule has 0 bridgehead atoms. The maximum Gasteiger partial charge on any atom is 0.338 e. The Morgan fingerprint density at radius 3 is 2.75 bits per heavy atom. The van der Waals surface area contributed by atoms with Gasteiger partial charge in [-0.15, -0.1) is 11.3 Å². The van der Waals surface area contributed by atoms with Crippen molar-refractivity contribution in [2.24, 2.45) is 0 Å². The summed E-state index contributed by atoms with van der Waals surface area (Å²) < 4.78 is 0. The van der Waals surface area contributed by atoms with Gasteiger partial charge >= 0.3 is 12.0 Å². The third-order valence-corrected chi connectivity index (χ3v) is 4.46. The number of aliphatic hydroxyl groups excluding tert-OH is 1. The first-order valence-electron chi connectivity index (χ1n) is 6.53. The van der Waals surface area contributed by atoms with Gasteiger partial charge < -0.3 is 15.1 Å². The minimum atomic E-state index is -1.07. The van der Waals surface area contributed by atoms with Crippen LogP contribution >= 0.6 is 11.3 Å². The summed E-state index contributed by atoms with van der Waals surface area (Å²) in [6.07, 6.45) is 2.91. The van der Waals surface area contributed by atoms with Gasteiger partial charge in [0.25, 0.3) is 0 Å². The van der Waals surface area contributed by atoms with Crippen molar-refractivity contribution in [3.63, 3.8) is 0 Å². The molecule has 1 aromatic heterocycles. The Morgan fingerprint density at radius 1 is 1.40 bits per heavy atom. The van der Waals surface area contributed by atoms with E-state index in [1.807, 2.05) is 0 Å². The number of aromatic carboxylic acids is 1. The Kier molecular flexibility index (Phi) is 4.61. The summed E-state index contributed by atoms with van der Waals surface area (Å²) in [6.45, 7) is 0. The number of urea groups is 1. The number of amides is 2. The summed E-state index contributed by atoms with van der Waals surface area (Å²) in [5.74, 6) is -1.07. The number of anilines is 1. The summed E-state index contributed by atoms with van der Waals surface area (Å²) in [4.78, 5) is 24.6. The first-order chi connectivity index (χ1) is 9.50. The fourth-order valence-electron chi connectivity index (χ4n) is 2.45. The number of thiophene rings is 1. The number of rotatable bonds is 3. The van der Waals surface area contributed by atoms with Crippen molar-refractivity contribution in [3.05, 3.63) is 17.0 Å². The molecule has 1 aliphatic rings. The molecule has 0 saturated heterocycles. The minimum Gasteiger partial charge on any atom is -0.478 e. The standard InChI is InChI=1S/C13H18N2O4S/c1-15(9-4-2-3-5-10(9)16)13(19)14-11-8(12(17)18)6-7-20-11/h6-7,9-10,16H,2-5H2,1H3,(H,14,19)(H,17,18). The van der Waals surface area contributed by atoms with Gasteiger partial charge in [0.1, 0.15) is 5.00 Å². The highest BCUT2D eigenvalue weighted by Gasteiger charge is 2.29. The Hall–Kier alpha value is -1.60. The number of nitrogens with one attached hydrogen (secondary N) is 1. The number of carboxylic acid groups (broad SMARTS) is 1. The molecular formula is C13H18N2O4S. The van der Waals surface area contributed by atoms with E-state index in [1.54, 1.807) is 12.4 Å². The molecule has 110 valence electrons. The lowest BCUT2D eigenvalue weighted by Crippen LogP contribution is -2.47. The van der Waals surface area contributed by atoms with Gasteiger partial charge in [-0.1, -0.05) is 12.8 Å². The van der Waals surface area contributed by atoms with Crippen LogP contribution < -0.4 is 5.32 Å². The third kappa shape index (κ3) is 3.10. The molecule has 1 aromatic rings. The molecule has 2 rings (SSSR count).